The second-order valence-corrected chi connectivity index (χ2v) is 28.8. The minimum atomic E-state index is -1.64. The van der Waals surface area contributed by atoms with Crippen LogP contribution in [0, 0.1) is 52.8 Å². The number of hydrogen-bond acceptors (Lipinski definition) is 16. The fourth-order valence-corrected chi connectivity index (χ4v) is 13.2. The number of ketones is 4. The zero-order valence-corrected chi connectivity index (χ0v) is 57.4. The van der Waals surface area contributed by atoms with Gasteiger partial charge in [-0.2, -0.15) is 0 Å². The molecule has 7 amide bonds. The number of fused-ring (bicyclic) bond motifs is 3. The lowest BCUT2D eigenvalue weighted by molar-refractivity contribution is -0.142. The highest BCUT2D eigenvalue weighted by Gasteiger charge is 2.48. The molecule has 0 aromatic carbocycles. The molecule has 0 aromatic heterocycles. The number of nitrogens with two attached hydrogens (primary N) is 3. The van der Waals surface area contributed by atoms with Gasteiger partial charge in [0.2, 0.25) is 41.4 Å². The third kappa shape index (κ3) is 27.0. The molecule has 530 valence electrons. The molecule has 4 rings (SSSR count). The molecule has 25 heteroatoms. The highest BCUT2D eigenvalue weighted by molar-refractivity contribution is 6.04. The zero-order valence-electron chi connectivity index (χ0n) is 57.4. The van der Waals surface area contributed by atoms with Crippen LogP contribution in [0.5, 0.6) is 0 Å². The van der Waals surface area contributed by atoms with E-state index in [2.05, 4.69) is 31.6 Å². The van der Waals surface area contributed by atoms with Crippen LogP contribution in [0.3, 0.4) is 0 Å². The van der Waals surface area contributed by atoms with Crippen LogP contribution in [0.2, 0.25) is 0 Å². The molecule has 13 N–H and O–H groups in total. The van der Waals surface area contributed by atoms with Gasteiger partial charge in [0.25, 0.3) is 0 Å². The molecule has 0 radical (unpaired) electrons. The number of nitrogens with zero attached hydrogens (tertiary/aromatic N) is 2. The summed E-state index contributed by atoms with van der Waals surface area (Å²) in [6, 6.07) is -5.43. The molecule has 11 atom stereocenters. The van der Waals surface area contributed by atoms with Gasteiger partial charge in [0, 0.05) is 86.4 Å². The Kier molecular flexibility index (Phi) is 33.0. The van der Waals surface area contributed by atoms with Crippen LogP contribution in [0.15, 0.2) is 41.1 Å². The van der Waals surface area contributed by atoms with Gasteiger partial charge in [0.15, 0.2) is 23.1 Å². The lowest BCUT2D eigenvalue weighted by Gasteiger charge is -2.33. The average Bonchev–Trinajstić information content (AvgIpc) is 1.70. The van der Waals surface area contributed by atoms with Crippen molar-refractivity contribution in [3.8, 4) is 0 Å². The van der Waals surface area contributed by atoms with E-state index >= 15 is 14.4 Å². The summed E-state index contributed by atoms with van der Waals surface area (Å²) in [7, 11) is 0. The number of rotatable bonds is 25. The Hall–Kier alpha value is -7.28. The number of amides is 7. The average molecular weight is 1330 g/mol. The van der Waals surface area contributed by atoms with Gasteiger partial charge in [-0.1, -0.05) is 119 Å². The first-order valence-corrected chi connectivity index (χ1v) is 34.4. The van der Waals surface area contributed by atoms with Crippen LogP contribution in [0.4, 0.5) is 0 Å². The topological polar surface area (TPSA) is 416 Å². The number of nitrogens with one attached hydrogen (secondary N) is 5. The number of carboxylic acids is 2. The van der Waals surface area contributed by atoms with Crippen molar-refractivity contribution in [2.75, 3.05) is 26.2 Å². The third-order valence-corrected chi connectivity index (χ3v) is 18.6. The van der Waals surface area contributed by atoms with Gasteiger partial charge >= 0.3 is 11.9 Å². The molecule has 3 heterocycles. The summed E-state index contributed by atoms with van der Waals surface area (Å²) in [5, 5.41) is 33.8. The standard InChI is InChI=1S/C70H110N10O15/c1-42(2)30-47-35-58(83)54(39-62(88)89)78-68(95)69(7,8)25-17-12-10-9-11-13-19-28-80-29-26-70(41-80,59(84)37-46(23-24-61(86)87)65(92)77-55(63(73)90)38-60(72)85)79-67(94)48(31-43(3)4)36-57(82)52(32-44(5)6)75-64(91)45(20-16-18-27-71)34-56(81)53(76-66(47)93)33-49-40-74-51-22-15-14-21-50(49)51/h14-15,21-22,40,42-48,50,52-55H,9-13,16-20,23-39,41,71H2,1-8H3,(H2,72,85)(H2,73,90)(H,75,91)(H,76,93)(H,77,92)(H,78,95)(H,79,94)(H,86,87)(H,88,89)/t45-,46-,47-,48-,50?,52+,53+,54+,55+,70+/m1/s1. The zero-order chi connectivity index (χ0) is 70.7. The van der Waals surface area contributed by atoms with Crippen molar-refractivity contribution in [1.29, 1.82) is 0 Å². The van der Waals surface area contributed by atoms with E-state index in [0.717, 1.165) is 37.8 Å². The Morgan fingerprint density at radius 1 is 0.674 bits per heavy atom. The highest BCUT2D eigenvalue weighted by Crippen LogP contribution is 2.33. The minimum absolute atomic E-state index is 0.00804. The number of allylic oxidation sites excluding steroid dienone is 4. The number of aliphatic imine (C=N–C) groups is 1. The molecular formula is C70H110N10O15. The Bertz CT molecular complexity index is 2860. The molecule has 2 saturated heterocycles. The Labute approximate surface area is 560 Å². The predicted molar refractivity (Wildman–Crippen MR) is 358 cm³/mol. The summed E-state index contributed by atoms with van der Waals surface area (Å²) >= 11 is 0. The van der Waals surface area contributed by atoms with Crippen LogP contribution in [-0.4, -0.2) is 153 Å². The maximum atomic E-state index is 15.1. The maximum absolute atomic E-state index is 15.1. The Morgan fingerprint density at radius 2 is 1.25 bits per heavy atom. The minimum Gasteiger partial charge on any atom is -0.481 e. The lowest BCUT2D eigenvalue weighted by atomic mass is 9.82. The SMILES string of the molecule is CC(C)C[C@@H]1CC(=O)[C@H](CC(=O)O)NC(=O)C(C)(C)CCCCCCCCCN2CC[C@@](C(=O)C[C@@H](CCC(=O)O)C(=O)N[C@@H](CC(N)=O)C(N)=O)(C2)NC(=O)[C@H](CC(C)C)CC(=O)[C@H](CC(C)C)NC(=O)[C@H](CCCCN)CC(=O)[C@H](CC2=CN=C3C=CC=CC23)NC1=O. The van der Waals surface area contributed by atoms with Crippen molar-refractivity contribution in [3.63, 3.8) is 0 Å². The molecule has 0 spiro atoms. The van der Waals surface area contributed by atoms with Crippen molar-refractivity contribution in [3.05, 3.63) is 36.1 Å². The summed E-state index contributed by atoms with van der Waals surface area (Å²) in [5.41, 5.74) is 15.5. The second-order valence-electron chi connectivity index (χ2n) is 28.8. The van der Waals surface area contributed by atoms with Crippen molar-refractivity contribution >= 4 is 82.1 Å². The van der Waals surface area contributed by atoms with Gasteiger partial charge in [-0.05, 0) is 107 Å². The molecule has 1 aliphatic carbocycles. The first-order valence-electron chi connectivity index (χ1n) is 34.4. The molecule has 2 unspecified atom stereocenters. The number of aliphatic carboxylic acids is 2. The van der Waals surface area contributed by atoms with E-state index in [9.17, 15) is 58.2 Å². The van der Waals surface area contributed by atoms with Crippen LogP contribution >= 0.6 is 0 Å². The fourth-order valence-electron chi connectivity index (χ4n) is 13.2. The van der Waals surface area contributed by atoms with Crippen LogP contribution in [-0.2, 0) is 62.3 Å². The lowest BCUT2D eigenvalue weighted by Crippen LogP contribution is -2.59. The smallest absolute Gasteiger partial charge is 0.305 e. The summed E-state index contributed by atoms with van der Waals surface area (Å²) in [6.07, 6.45) is 12.5. The van der Waals surface area contributed by atoms with Gasteiger partial charge in [-0.3, -0.25) is 67.3 Å². The normalized spacial score (nSPS) is 26.5. The number of unbranched alkanes of at least 4 members (excludes halogenated alkanes) is 1. The third-order valence-electron chi connectivity index (χ3n) is 18.6. The monoisotopic (exact) mass is 1330 g/mol. The summed E-state index contributed by atoms with van der Waals surface area (Å²) in [5.74, 6) is -15.5. The molecule has 25 nitrogen and oxygen atoms in total. The van der Waals surface area contributed by atoms with E-state index in [0.29, 0.717) is 50.8 Å². The summed E-state index contributed by atoms with van der Waals surface area (Å²) < 4.78 is 0. The van der Waals surface area contributed by atoms with E-state index in [4.69, 9.17) is 17.2 Å². The number of primary amides is 2. The number of carbonyl (C=O) groups excluding carboxylic acids is 11. The largest absolute Gasteiger partial charge is 0.481 e. The van der Waals surface area contributed by atoms with Gasteiger partial charge in [-0.15, -0.1) is 0 Å². The second kappa shape index (κ2) is 39.1. The van der Waals surface area contributed by atoms with Crippen molar-refractivity contribution < 1.29 is 72.5 Å². The predicted octanol–water partition coefficient (Wildman–Crippen LogP) is 5.39. The van der Waals surface area contributed by atoms with Gasteiger partial charge in [-0.25, -0.2) is 0 Å². The van der Waals surface area contributed by atoms with Crippen LogP contribution in [0.1, 0.15) is 209 Å². The Morgan fingerprint density at radius 3 is 1.85 bits per heavy atom. The Balaban J connectivity index is 1.80. The van der Waals surface area contributed by atoms with E-state index < -0.39 is 174 Å². The van der Waals surface area contributed by atoms with Gasteiger partial charge < -0.3 is 58.9 Å². The highest BCUT2D eigenvalue weighted by atomic mass is 16.4. The number of hydrogen-bond donors (Lipinski definition) is 10. The van der Waals surface area contributed by atoms with Crippen molar-refractivity contribution in [2.24, 2.45) is 75.0 Å². The number of carbonyl (C=O) groups is 13. The molecule has 0 saturated carbocycles. The van der Waals surface area contributed by atoms with Crippen LogP contribution in [0.25, 0.3) is 0 Å². The number of carboxylic acid groups (broad SMARTS) is 2. The number of Topliss-reactive ketones (excluding diaryl/α,β-unsaturated/α-hetero) is 4. The first-order chi connectivity index (χ1) is 44.7. The van der Waals surface area contributed by atoms with E-state index in [1.165, 1.54) is 0 Å². The van der Waals surface area contributed by atoms with E-state index in [-0.39, 0.29) is 88.1 Å². The molecule has 2 fully saturated rings. The fraction of sp³-hybridized carbons (Fsp3) is 0.714. The molecular weight excluding hydrogens is 1220 g/mol. The van der Waals surface area contributed by atoms with Crippen molar-refractivity contribution in [1.82, 2.24) is 31.5 Å². The molecule has 3 aliphatic heterocycles. The first kappa shape index (κ1) is 80.2. The summed E-state index contributed by atoms with van der Waals surface area (Å²) in [6.45, 7) is 15.8. The van der Waals surface area contributed by atoms with E-state index in [1.807, 2.05) is 70.7 Å². The van der Waals surface area contributed by atoms with Gasteiger partial charge in [0.1, 0.15) is 11.6 Å². The maximum Gasteiger partial charge on any atom is 0.305 e. The molecule has 2 bridgehead atoms. The van der Waals surface area contributed by atoms with Gasteiger partial charge in [0.05, 0.1) is 36.7 Å². The molecule has 0 aromatic rings. The van der Waals surface area contributed by atoms with Crippen molar-refractivity contribution in [2.45, 2.75) is 239 Å². The summed E-state index contributed by atoms with van der Waals surface area (Å²) in [4.78, 5) is 187. The van der Waals surface area contributed by atoms with Crippen LogP contribution < -0.4 is 43.8 Å². The quantitative estimate of drug-likeness (QED) is 0.0512. The van der Waals surface area contributed by atoms with E-state index in [1.54, 1.807) is 20.0 Å². The molecule has 4 aliphatic rings. The molecule has 95 heavy (non-hydrogen) atoms.